The maximum Gasteiger partial charge on any atom is 0.263 e. The van der Waals surface area contributed by atoms with Gasteiger partial charge in [0.05, 0.1) is 6.20 Å². The average molecular weight is 457 g/mol. The van der Waals surface area contributed by atoms with Crippen molar-refractivity contribution in [1.82, 2.24) is 10.3 Å². The zero-order valence-electron chi connectivity index (χ0n) is 17.8. The largest absolute Gasteiger partial charge is 0.476 e. The lowest BCUT2D eigenvalue weighted by atomic mass is 9.82. The van der Waals surface area contributed by atoms with Crippen molar-refractivity contribution in [2.24, 2.45) is 0 Å². The lowest BCUT2D eigenvalue weighted by Crippen LogP contribution is -2.47. The highest BCUT2D eigenvalue weighted by Crippen LogP contribution is 2.33. The molecule has 31 heavy (non-hydrogen) atoms. The molecule has 3 aromatic rings. The normalized spacial score (nSPS) is 13.3. The molecule has 0 aliphatic heterocycles. The van der Waals surface area contributed by atoms with E-state index in [1.807, 2.05) is 48.5 Å². The number of halogens is 2. The van der Waals surface area contributed by atoms with Gasteiger partial charge in [-0.15, -0.1) is 0 Å². The Morgan fingerprint density at radius 3 is 2.13 bits per heavy atom. The first-order valence-electron chi connectivity index (χ1n) is 10.1. The van der Waals surface area contributed by atoms with Crippen LogP contribution < -0.4 is 10.1 Å². The summed E-state index contributed by atoms with van der Waals surface area (Å²) in [7, 11) is 0. The molecule has 1 heterocycles. The molecule has 2 unspecified atom stereocenters. The Labute approximate surface area is 193 Å². The van der Waals surface area contributed by atoms with Crippen molar-refractivity contribution in [2.75, 3.05) is 6.54 Å². The van der Waals surface area contributed by atoms with Gasteiger partial charge in [-0.05, 0) is 67.3 Å². The molecule has 4 nitrogen and oxygen atoms in total. The fourth-order valence-corrected chi connectivity index (χ4v) is 3.71. The molecule has 0 aliphatic rings. The fourth-order valence-electron chi connectivity index (χ4n) is 3.46. The van der Waals surface area contributed by atoms with Gasteiger partial charge in [0.1, 0.15) is 5.75 Å². The molecule has 2 aromatic carbocycles. The van der Waals surface area contributed by atoms with E-state index in [9.17, 15) is 4.79 Å². The molecule has 6 heteroatoms. The lowest BCUT2D eigenvalue weighted by molar-refractivity contribution is -0.134. The van der Waals surface area contributed by atoms with Gasteiger partial charge < -0.3 is 10.1 Å². The van der Waals surface area contributed by atoms with Gasteiger partial charge in [0.25, 0.3) is 5.91 Å². The highest BCUT2D eigenvalue weighted by molar-refractivity contribution is 6.30. The van der Waals surface area contributed by atoms with Gasteiger partial charge in [-0.3, -0.25) is 9.78 Å². The maximum absolute atomic E-state index is 13.0. The quantitative estimate of drug-likeness (QED) is 0.435. The van der Waals surface area contributed by atoms with Gasteiger partial charge in [0.15, 0.2) is 5.60 Å². The van der Waals surface area contributed by atoms with E-state index < -0.39 is 5.60 Å². The summed E-state index contributed by atoms with van der Waals surface area (Å²) in [5.41, 5.74) is 1.19. The first-order valence-corrected chi connectivity index (χ1v) is 10.9. The summed E-state index contributed by atoms with van der Waals surface area (Å²) >= 11 is 12.1. The number of hydrogen-bond donors (Lipinski definition) is 1. The minimum Gasteiger partial charge on any atom is -0.476 e. The molecule has 0 radical (unpaired) electrons. The van der Waals surface area contributed by atoms with Crippen molar-refractivity contribution in [3.8, 4) is 5.75 Å². The van der Waals surface area contributed by atoms with Crippen LogP contribution in [0.2, 0.25) is 10.0 Å². The summed E-state index contributed by atoms with van der Waals surface area (Å²) in [6.07, 6.45) is 3.25. The van der Waals surface area contributed by atoms with Crippen LogP contribution in [0.15, 0.2) is 73.1 Å². The van der Waals surface area contributed by atoms with Crippen molar-refractivity contribution in [3.63, 3.8) is 0 Å². The van der Waals surface area contributed by atoms with Crippen LogP contribution in [0.5, 0.6) is 5.75 Å². The number of carbonyl (C=O) groups is 1. The van der Waals surface area contributed by atoms with Crippen molar-refractivity contribution < 1.29 is 9.53 Å². The van der Waals surface area contributed by atoms with Crippen molar-refractivity contribution in [1.29, 1.82) is 0 Å². The van der Waals surface area contributed by atoms with Crippen LogP contribution in [0, 0.1) is 0 Å². The molecule has 0 spiro atoms. The average Bonchev–Trinajstić information content (AvgIpc) is 2.75. The maximum atomic E-state index is 13.0. The van der Waals surface area contributed by atoms with Crippen LogP contribution in [0.3, 0.4) is 0 Å². The van der Waals surface area contributed by atoms with E-state index >= 15 is 0 Å². The van der Waals surface area contributed by atoms with Crippen LogP contribution in [-0.4, -0.2) is 23.0 Å². The van der Waals surface area contributed by atoms with Crippen LogP contribution in [0.25, 0.3) is 0 Å². The number of ether oxygens (including phenoxy) is 1. The number of hydrogen-bond acceptors (Lipinski definition) is 3. The zero-order chi connectivity index (χ0) is 22.4. The van der Waals surface area contributed by atoms with E-state index in [1.54, 1.807) is 38.4 Å². The van der Waals surface area contributed by atoms with Crippen molar-refractivity contribution >= 4 is 29.1 Å². The van der Waals surface area contributed by atoms with Crippen molar-refractivity contribution in [3.05, 3.63) is 94.2 Å². The first-order chi connectivity index (χ1) is 14.8. The predicted molar refractivity (Wildman–Crippen MR) is 126 cm³/mol. The molecule has 0 fully saturated rings. The molecule has 0 aliphatic carbocycles. The fraction of sp³-hybridized carbons (Fsp3) is 0.280. The second-order valence-electron chi connectivity index (χ2n) is 8.01. The molecular weight excluding hydrogens is 431 g/mol. The van der Waals surface area contributed by atoms with E-state index in [4.69, 9.17) is 27.9 Å². The van der Waals surface area contributed by atoms with Gasteiger partial charge >= 0.3 is 0 Å². The van der Waals surface area contributed by atoms with E-state index in [1.165, 1.54) is 0 Å². The highest BCUT2D eigenvalue weighted by atomic mass is 35.5. The Morgan fingerprint density at radius 2 is 1.58 bits per heavy atom. The van der Waals surface area contributed by atoms with E-state index in [0.29, 0.717) is 22.3 Å². The smallest absolute Gasteiger partial charge is 0.263 e. The number of carbonyl (C=O) groups excluding carboxylic acids is 1. The SMILES string of the molecule is CC(c1ccc(Cl)cc1)C(CNC(=O)C(C)(C)Oc1cccnc1)c1ccc(Cl)cc1. The molecule has 3 rings (SSSR count). The number of nitrogens with zero attached hydrogens (tertiary/aromatic N) is 1. The summed E-state index contributed by atoms with van der Waals surface area (Å²) in [6.45, 7) is 6.08. The van der Waals surface area contributed by atoms with Gasteiger partial charge in [0.2, 0.25) is 0 Å². The van der Waals surface area contributed by atoms with E-state index in [0.717, 1.165) is 11.1 Å². The number of amides is 1. The Kier molecular flexibility index (Phi) is 7.58. The first kappa shape index (κ1) is 23.1. The summed E-state index contributed by atoms with van der Waals surface area (Å²) in [5, 5.41) is 4.45. The number of benzene rings is 2. The molecular formula is C25H26Cl2N2O2. The molecule has 1 N–H and O–H groups in total. The molecule has 2 atom stereocenters. The van der Waals surface area contributed by atoms with Gasteiger partial charge in [0, 0.05) is 28.7 Å². The van der Waals surface area contributed by atoms with Crippen LogP contribution in [0.1, 0.15) is 43.7 Å². The summed E-state index contributed by atoms with van der Waals surface area (Å²) in [6, 6.07) is 19.1. The molecule has 1 aromatic heterocycles. The van der Waals surface area contributed by atoms with E-state index in [-0.39, 0.29) is 17.7 Å². The number of nitrogens with one attached hydrogen (secondary N) is 1. The van der Waals surface area contributed by atoms with Gasteiger partial charge in [-0.2, -0.15) is 0 Å². The number of aromatic nitrogens is 1. The Morgan fingerprint density at radius 1 is 1.00 bits per heavy atom. The monoisotopic (exact) mass is 456 g/mol. The molecule has 1 amide bonds. The third kappa shape index (κ3) is 6.22. The summed E-state index contributed by atoms with van der Waals surface area (Å²) in [4.78, 5) is 17.0. The topological polar surface area (TPSA) is 51.2 Å². The highest BCUT2D eigenvalue weighted by Gasteiger charge is 2.31. The molecule has 162 valence electrons. The lowest BCUT2D eigenvalue weighted by Gasteiger charge is -2.29. The molecule has 0 bridgehead atoms. The van der Waals surface area contributed by atoms with Gasteiger partial charge in [-0.1, -0.05) is 54.4 Å². The number of pyridine rings is 1. The minimum atomic E-state index is -1.04. The van der Waals surface area contributed by atoms with Gasteiger partial charge in [-0.25, -0.2) is 0 Å². The summed E-state index contributed by atoms with van der Waals surface area (Å²) in [5.74, 6) is 0.530. The standard InChI is InChI=1S/C25H26Cl2N2O2/c1-17(18-6-10-20(26)11-7-18)23(19-8-12-21(27)13-9-19)16-29-24(30)25(2,3)31-22-5-4-14-28-15-22/h4-15,17,23H,16H2,1-3H3,(H,29,30). The second kappa shape index (κ2) is 10.2. The Bertz CT molecular complexity index is 990. The Hall–Kier alpha value is -2.56. The van der Waals surface area contributed by atoms with Crippen LogP contribution >= 0.6 is 23.2 Å². The summed E-state index contributed by atoms with van der Waals surface area (Å²) < 4.78 is 5.87. The second-order valence-corrected chi connectivity index (χ2v) is 8.88. The van der Waals surface area contributed by atoms with Crippen LogP contribution in [0.4, 0.5) is 0 Å². The predicted octanol–water partition coefficient (Wildman–Crippen LogP) is 6.25. The van der Waals surface area contributed by atoms with E-state index in [2.05, 4.69) is 17.2 Å². The zero-order valence-corrected chi connectivity index (χ0v) is 19.3. The molecule has 0 saturated carbocycles. The molecule has 0 saturated heterocycles. The minimum absolute atomic E-state index is 0.0385. The number of rotatable bonds is 8. The Balaban J connectivity index is 1.77. The third-order valence-corrected chi connectivity index (χ3v) is 5.84. The van der Waals surface area contributed by atoms with Crippen molar-refractivity contribution in [2.45, 2.75) is 38.2 Å². The third-order valence-electron chi connectivity index (χ3n) is 5.33. The van der Waals surface area contributed by atoms with Crippen LogP contribution in [-0.2, 0) is 4.79 Å².